The maximum Gasteiger partial charge on any atom is 0.328 e. The number of carboxylic acids is 1. The zero-order chi connectivity index (χ0) is 18.1. The monoisotopic (exact) mass is 356 g/mol. The van der Waals surface area contributed by atoms with Gasteiger partial charge < -0.3 is 5.11 Å². The molecule has 1 aliphatic rings. The number of aliphatic carboxylic acids is 1. The fourth-order valence-corrected chi connectivity index (χ4v) is 3.63. The summed E-state index contributed by atoms with van der Waals surface area (Å²) in [5.74, 6) is -1.44. The van der Waals surface area contributed by atoms with Gasteiger partial charge in [0.15, 0.2) is 0 Å². The van der Waals surface area contributed by atoms with Crippen LogP contribution in [-0.4, -0.2) is 21.5 Å². The lowest BCUT2D eigenvalue weighted by Crippen LogP contribution is -1.93. The summed E-state index contributed by atoms with van der Waals surface area (Å²) < 4.78 is 25.1. The van der Waals surface area contributed by atoms with E-state index in [1.165, 1.54) is 12.1 Å². The number of carbonyl (C=O) groups is 1. The summed E-state index contributed by atoms with van der Waals surface area (Å²) in [5.41, 5.74) is 4.86. The topological polar surface area (TPSA) is 54.4 Å². The van der Waals surface area contributed by atoms with Gasteiger partial charge in [-0.1, -0.05) is 18.2 Å². The molecule has 0 heterocycles. The number of allylic oxidation sites excluding steroid dienone is 3. The molecular weight excluding hydrogens is 339 g/mol. The number of halogens is 1. The number of fused-ring (bicyclic) bond motifs is 1. The van der Waals surface area contributed by atoms with Crippen molar-refractivity contribution in [3.8, 4) is 0 Å². The molecule has 1 unspecified atom stereocenters. The van der Waals surface area contributed by atoms with Crippen LogP contribution in [0.3, 0.4) is 0 Å². The summed E-state index contributed by atoms with van der Waals surface area (Å²) >= 11 is 0. The standard InChI is InChI=1S/C20H17FO3S/c1-12-17(9-13-3-6-15(7-4-13)25(2)24)16-8-5-14(21)10-19(16)18(12)11-20(22)23/h3-8,10-11H,9H2,1-2H3,(H,22,23). The molecule has 0 bridgehead atoms. The van der Waals surface area contributed by atoms with Gasteiger partial charge in [-0.3, -0.25) is 4.21 Å². The van der Waals surface area contributed by atoms with Crippen LogP contribution in [0.15, 0.2) is 59.0 Å². The van der Waals surface area contributed by atoms with Gasteiger partial charge in [0.1, 0.15) is 5.82 Å². The van der Waals surface area contributed by atoms with E-state index in [-0.39, 0.29) is 5.82 Å². The van der Waals surface area contributed by atoms with Gasteiger partial charge in [0, 0.05) is 28.0 Å². The molecule has 1 aliphatic carbocycles. The predicted octanol–water partition coefficient (Wildman–Crippen LogP) is 4.06. The largest absolute Gasteiger partial charge is 0.478 e. The molecule has 2 aromatic carbocycles. The lowest BCUT2D eigenvalue weighted by Gasteiger charge is -2.07. The third-order valence-corrected chi connectivity index (χ3v) is 5.29. The number of benzene rings is 2. The molecule has 5 heteroatoms. The van der Waals surface area contributed by atoms with E-state index in [1.807, 2.05) is 31.2 Å². The highest BCUT2D eigenvalue weighted by molar-refractivity contribution is 7.84. The first-order valence-corrected chi connectivity index (χ1v) is 9.30. The molecular formula is C20H17FO3S. The van der Waals surface area contributed by atoms with E-state index >= 15 is 0 Å². The summed E-state index contributed by atoms with van der Waals surface area (Å²) in [6.07, 6.45) is 3.36. The third-order valence-electron chi connectivity index (χ3n) is 4.36. The Morgan fingerprint density at radius 3 is 2.44 bits per heavy atom. The Labute approximate surface area is 148 Å². The first-order chi connectivity index (χ1) is 11.9. The van der Waals surface area contributed by atoms with Gasteiger partial charge in [-0.2, -0.15) is 0 Å². The second-order valence-corrected chi connectivity index (χ2v) is 7.34. The zero-order valence-electron chi connectivity index (χ0n) is 13.9. The molecule has 0 fully saturated rings. The lowest BCUT2D eigenvalue weighted by atomic mass is 9.98. The summed E-state index contributed by atoms with van der Waals surface area (Å²) in [4.78, 5) is 11.9. The average molecular weight is 356 g/mol. The van der Waals surface area contributed by atoms with Crippen LogP contribution in [0.4, 0.5) is 4.39 Å². The van der Waals surface area contributed by atoms with E-state index in [4.69, 9.17) is 5.11 Å². The van der Waals surface area contributed by atoms with E-state index in [0.717, 1.165) is 33.2 Å². The van der Waals surface area contributed by atoms with Gasteiger partial charge in [0.05, 0.1) is 0 Å². The van der Waals surface area contributed by atoms with Crippen molar-refractivity contribution in [1.29, 1.82) is 0 Å². The molecule has 0 aliphatic heterocycles. The normalized spacial score (nSPS) is 16.2. The Morgan fingerprint density at radius 2 is 1.84 bits per heavy atom. The van der Waals surface area contributed by atoms with E-state index in [0.29, 0.717) is 17.6 Å². The molecule has 2 aromatic rings. The Bertz CT molecular complexity index is 940. The van der Waals surface area contributed by atoms with Crippen molar-refractivity contribution in [3.05, 3.63) is 76.6 Å². The van der Waals surface area contributed by atoms with Crippen molar-refractivity contribution in [3.63, 3.8) is 0 Å². The molecule has 0 amide bonds. The number of rotatable bonds is 4. The average Bonchev–Trinajstić information content (AvgIpc) is 2.80. The predicted molar refractivity (Wildman–Crippen MR) is 97.1 cm³/mol. The van der Waals surface area contributed by atoms with Crippen molar-refractivity contribution in [2.45, 2.75) is 18.2 Å². The third kappa shape index (κ3) is 3.46. The van der Waals surface area contributed by atoms with Gasteiger partial charge in [0.25, 0.3) is 0 Å². The molecule has 0 saturated carbocycles. The molecule has 3 nitrogen and oxygen atoms in total. The lowest BCUT2D eigenvalue weighted by molar-refractivity contribution is -0.131. The fourth-order valence-electron chi connectivity index (χ4n) is 3.11. The molecule has 0 saturated heterocycles. The Hall–Kier alpha value is -2.53. The van der Waals surface area contributed by atoms with Crippen molar-refractivity contribution >= 4 is 27.9 Å². The van der Waals surface area contributed by atoms with Gasteiger partial charge in [0.2, 0.25) is 0 Å². The fraction of sp³-hybridized carbons (Fsp3) is 0.150. The maximum atomic E-state index is 13.7. The Kier molecular flexibility index (Phi) is 4.68. The van der Waals surface area contributed by atoms with Crippen molar-refractivity contribution in [2.75, 3.05) is 6.26 Å². The summed E-state index contributed by atoms with van der Waals surface area (Å²) in [7, 11) is -1.03. The van der Waals surface area contributed by atoms with Crippen LogP contribution in [0.2, 0.25) is 0 Å². The summed E-state index contributed by atoms with van der Waals surface area (Å²) in [6.45, 7) is 1.86. The number of hydrogen-bond acceptors (Lipinski definition) is 2. The van der Waals surface area contributed by atoms with E-state index < -0.39 is 16.8 Å². The first-order valence-electron chi connectivity index (χ1n) is 7.74. The molecule has 3 rings (SSSR count). The quantitative estimate of drug-likeness (QED) is 0.841. The molecule has 128 valence electrons. The first kappa shape index (κ1) is 17.3. The van der Waals surface area contributed by atoms with Crippen LogP contribution in [0.5, 0.6) is 0 Å². The minimum atomic E-state index is -1.06. The van der Waals surface area contributed by atoms with Crippen LogP contribution in [0.25, 0.3) is 11.1 Å². The molecule has 0 radical (unpaired) electrons. The van der Waals surface area contributed by atoms with Crippen LogP contribution >= 0.6 is 0 Å². The van der Waals surface area contributed by atoms with Crippen LogP contribution in [0.1, 0.15) is 23.6 Å². The van der Waals surface area contributed by atoms with Crippen LogP contribution < -0.4 is 0 Å². The van der Waals surface area contributed by atoms with Crippen molar-refractivity contribution < 1.29 is 18.5 Å². The zero-order valence-corrected chi connectivity index (χ0v) is 14.7. The van der Waals surface area contributed by atoms with Crippen LogP contribution in [-0.2, 0) is 22.0 Å². The Balaban J connectivity index is 2.04. The highest BCUT2D eigenvalue weighted by atomic mass is 32.2. The van der Waals surface area contributed by atoms with Gasteiger partial charge >= 0.3 is 5.97 Å². The highest BCUT2D eigenvalue weighted by Crippen LogP contribution is 2.42. The van der Waals surface area contributed by atoms with E-state index in [1.54, 1.807) is 12.3 Å². The van der Waals surface area contributed by atoms with E-state index in [2.05, 4.69) is 0 Å². The van der Waals surface area contributed by atoms with Crippen molar-refractivity contribution in [2.24, 2.45) is 0 Å². The molecule has 1 N–H and O–H groups in total. The van der Waals surface area contributed by atoms with Crippen molar-refractivity contribution in [1.82, 2.24) is 0 Å². The van der Waals surface area contributed by atoms with Gasteiger partial charge in [-0.25, -0.2) is 9.18 Å². The van der Waals surface area contributed by atoms with Gasteiger partial charge in [-0.05, 0) is 71.0 Å². The molecule has 1 atom stereocenters. The summed E-state index contributed by atoms with van der Waals surface area (Å²) in [5, 5.41) is 9.12. The smallest absolute Gasteiger partial charge is 0.328 e. The van der Waals surface area contributed by atoms with Gasteiger partial charge in [-0.15, -0.1) is 0 Å². The minimum Gasteiger partial charge on any atom is -0.478 e. The second-order valence-electron chi connectivity index (χ2n) is 5.96. The molecule has 0 spiro atoms. The number of hydrogen-bond donors (Lipinski definition) is 1. The maximum absolute atomic E-state index is 13.7. The Morgan fingerprint density at radius 1 is 1.16 bits per heavy atom. The van der Waals surface area contributed by atoms with Crippen LogP contribution in [0, 0.1) is 5.82 Å². The SMILES string of the molecule is CC1=C(Cc2ccc(S(C)=O)cc2)c2ccc(F)cc2C1=CC(=O)O. The number of carboxylic acid groups (broad SMARTS) is 1. The molecule has 25 heavy (non-hydrogen) atoms. The second kappa shape index (κ2) is 6.76. The highest BCUT2D eigenvalue weighted by Gasteiger charge is 2.25. The summed E-state index contributed by atoms with van der Waals surface area (Å²) in [6, 6.07) is 12.0. The van der Waals surface area contributed by atoms with E-state index in [9.17, 15) is 13.4 Å². The minimum absolute atomic E-state index is 0.390. The molecule has 0 aromatic heterocycles.